The Kier molecular flexibility index (Phi) is 3.38. The lowest BCUT2D eigenvalue weighted by atomic mass is 10.2. The van der Waals surface area contributed by atoms with Crippen molar-refractivity contribution < 1.29 is 19.4 Å². The maximum absolute atomic E-state index is 11.7. The third-order valence-electron chi connectivity index (χ3n) is 2.74. The highest BCUT2D eigenvalue weighted by Gasteiger charge is 2.13. The summed E-state index contributed by atoms with van der Waals surface area (Å²) in [6, 6.07) is 3.83. The lowest BCUT2D eigenvalue weighted by Crippen LogP contribution is -2.38. The normalized spacial score (nSPS) is 10.4. The standard InChI is InChI=1S/C12H10N2O6/c1-20-9(15)5-14-8-3-2-6(12(18)19)4-7(8)13-10(16)11(14)17/h2-4H,5H2,1H3,(H,13,16)(H,18,19). The zero-order valence-electron chi connectivity index (χ0n) is 10.4. The largest absolute Gasteiger partial charge is 0.478 e. The Bertz CT molecular complexity index is 817. The molecular formula is C12H10N2O6. The summed E-state index contributed by atoms with van der Waals surface area (Å²) in [5.41, 5.74) is -1.50. The summed E-state index contributed by atoms with van der Waals surface area (Å²) < 4.78 is 5.39. The molecule has 0 aliphatic carbocycles. The SMILES string of the molecule is COC(=O)Cn1c(=O)c(=O)[nH]c2cc(C(=O)O)ccc21. The Morgan fingerprint density at radius 3 is 2.65 bits per heavy atom. The van der Waals surface area contributed by atoms with Gasteiger partial charge in [0.1, 0.15) is 6.54 Å². The van der Waals surface area contributed by atoms with Crippen molar-refractivity contribution in [2.24, 2.45) is 0 Å². The molecular weight excluding hydrogens is 268 g/mol. The quantitative estimate of drug-likeness (QED) is 0.580. The van der Waals surface area contributed by atoms with E-state index in [0.717, 1.165) is 11.7 Å². The van der Waals surface area contributed by atoms with Crippen LogP contribution in [-0.2, 0) is 16.1 Å². The van der Waals surface area contributed by atoms with Crippen LogP contribution in [0.5, 0.6) is 0 Å². The van der Waals surface area contributed by atoms with Crippen LogP contribution in [-0.4, -0.2) is 33.7 Å². The number of ether oxygens (including phenoxy) is 1. The van der Waals surface area contributed by atoms with Crippen LogP contribution in [0.1, 0.15) is 10.4 Å². The van der Waals surface area contributed by atoms with Gasteiger partial charge in [-0.3, -0.25) is 19.0 Å². The van der Waals surface area contributed by atoms with E-state index in [1.165, 1.54) is 18.2 Å². The maximum Gasteiger partial charge on any atom is 0.335 e. The van der Waals surface area contributed by atoms with E-state index in [1.807, 2.05) is 0 Å². The molecule has 1 heterocycles. The number of benzene rings is 1. The molecule has 0 aliphatic heterocycles. The number of carbonyl (C=O) groups excluding carboxylic acids is 1. The summed E-state index contributed by atoms with van der Waals surface area (Å²) in [5.74, 6) is -1.86. The van der Waals surface area contributed by atoms with Gasteiger partial charge in [-0.15, -0.1) is 0 Å². The molecule has 104 valence electrons. The van der Waals surface area contributed by atoms with Gasteiger partial charge in [0, 0.05) is 0 Å². The molecule has 0 radical (unpaired) electrons. The summed E-state index contributed by atoms with van der Waals surface area (Å²) >= 11 is 0. The maximum atomic E-state index is 11.7. The fourth-order valence-corrected chi connectivity index (χ4v) is 1.76. The number of nitrogens with one attached hydrogen (secondary N) is 1. The minimum atomic E-state index is -1.17. The van der Waals surface area contributed by atoms with Gasteiger partial charge in [-0.1, -0.05) is 0 Å². The second-order valence-electron chi connectivity index (χ2n) is 3.96. The first-order valence-corrected chi connectivity index (χ1v) is 5.51. The number of carboxylic acids is 1. The van der Waals surface area contributed by atoms with Crippen molar-refractivity contribution in [1.29, 1.82) is 0 Å². The molecule has 8 nitrogen and oxygen atoms in total. The minimum Gasteiger partial charge on any atom is -0.478 e. The number of aromatic carboxylic acids is 1. The molecule has 0 saturated carbocycles. The first-order chi connectivity index (χ1) is 9.43. The van der Waals surface area contributed by atoms with E-state index in [2.05, 4.69) is 9.72 Å². The van der Waals surface area contributed by atoms with Crippen LogP contribution in [0.3, 0.4) is 0 Å². The number of esters is 1. The summed E-state index contributed by atoms with van der Waals surface area (Å²) in [7, 11) is 1.16. The fraction of sp³-hybridized carbons (Fsp3) is 0.167. The summed E-state index contributed by atoms with van der Waals surface area (Å²) in [6.45, 7) is -0.428. The number of fused-ring (bicyclic) bond motifs is 1. The highest BCUT2D eigenvalue weighted by atomic mass is 16.5. The van der Waals surface area contributed by atoms with Crippen LogP contribution in [0, 0.1) is 0 Å². The van der Waals surface area contributed by atoms with E-state index in [1.54, 1.807) is 0 Å². The molecule has 0 unspecified atom stereocenters. The van der Waals surface area contributed by atoms with Crippen molar-refractivity contribution in [3.8, 4) is 0 Å². The lowest BCUT2D eigenvalue weighted by molar-refractivity contribution is -0.141. The van der Waals surface area contributed by atoms with Crippen LogP contribution < -0.4 is 11.1 Å². The minimum absolute atomic E-state index is 0.0450. The van der Waals surface area contributed by atoms with E-state index >= 15 is 0 Å². The van der Waals surface area contributed by atoms with Crippen LogP contribution in [0.15, 0.2) is 27.8 Å². The molecule has 2 aromatic rings. The van der Waals surface area contributed by atoms with E-state index in [4.69, 9.17) is 5.11 Å². The first-order valence-electron chi connectivity index (χ1n) is 5.51. The topological polar surface area (TPSA) is 118 Å². The Morgan fingerprint density at radius 1 is 1.35 bits per heavy atom. The van der Waals surface area contributed by atoms with E-state index in [9.17, 15) is 19.2 Å². The van der Waals surface area contributed by atoms with Gasteiger partial charge in [0.05, 0.1) is 23.7 Å². The van der Waals surface area contributed by atoms with Crippen LogP contribution in [0.25, 0.3) is 11.0 Å². The molecule has 1 aromatic carbocycles. The van der Waals surface area contributed by atoms with Gasteiger partial charge < -0.3 is 14.8 Å². The van der Waals surface area contributed by atoms with Gasteiger partial charge >= 0.3 is 23.1 Å². The highest BCUT2D eigenvalue weighted by Crippen LogP contribution is 2.11. The number of aromatic nitrogens is 2. The van der Waals surface area contributed by atoms with Crippen molar-refractivity contribution in [1.82, 2.24) is 9.55 Å². The molecule has 2 rings (SSSR count). The van der Waals surface area contributed by atoms with Crippen LogP contribution >= 0.6 is 0 Å². The van der Waals surface area contributed by atoms with Crippen molar-refractivity contribution in [2.45, 2.75) is 6.54 Å². The fourth-order valence-electron chi connectivity index (χ4n) is 1.76. The number of methoxy groups -OCH3 is 1. The van der Waals surface area contributed by atoms with E-state index in [0.29, 0.717) is 0 Å². The van der Waals surface area contributed by atoms with Crippen molar-refractivity contribution in [2.75, 3.05) is 7.11 Å². The zero-order chi connectivity index (χ0) is 14.9. The van der Waals surface area contributed by atoms with E-state index in [-0.39, 0.29) is 16.6 Å². The number of carboxylic acid groups (broad SMARTS) is 1. The predicted octanol–water partition coefficient (Wildman–Crippen LogP) is -0.439. The van der Waals surface area contributed by atoms with Crippen LogP contribution in [0.4, 0.5) is 0 Å². The molecule has 0 atom stereocenters. The Balaban J connectivity index is 2.75. The van der Waals surface area contributed by atoms with E-state index < -0.39 is 29.6 Å². The number of H-pyrrole nitrogens is 1. The number of hydrogen-bond donors (Lipinski definition) is 2. The van der Waals surface area contributed by atoms with Crippen molar-refractivity contribution in [3.05, 3.63) is 44.5 Å². The Hall–Kier alpha value is -2.90. The molecule has 0 amide bonds. The lowest BCUT2D eigenvalue weighted by Gasteiger charge is -2.08. The van der Waals surface area contributed by atoms with Crippen molar-refractivity contribution in [3.63, 3.8) is 0 Å². The second-order valence-corrected chi connectivity index (χ2v) is 3.96. The first kappa shape index (κ1) is 13.5. The number of nitrogens with zero attached hydrogens (tertiary/aromatic N) is 1. The molecule has 0 fully saturated rings. The monoisotopic (exact) mass is 278 g/mol. The molecule has 8 heteroatoms. The molecule has 0 bridgehead atoms. The molecule has 2 N–H and O–H groups in total. The smallest absolute Gasteiger partial charge is 0.335 e. The van der Waals surface area contributed by atoms with Gasteiger partial charge in [-0.2, -0.15) is 0 Å². The zero-order valence-corrected chi connectivity index (χ0v) is 10.4. The average Bonchev–Trinajstić information content (AvgIpc) is 2.42. The number of hydrogen-bond acceptors (Lipinski definition) is 5. The summed E-state index contributed by atoms with van der Waals surface area (Å²) in [5, 5.41) is 8.89. The Morgan fingerprint density at radius 2 is 2.05 bits per heavy atom. The van der Waals surface area contributed by atoms with Crippen molar-refractivity contribution >= 4 is 23.0 Å². The molecule has 20 heavy (non-hydrogen) atoms. The number of rotatable bonds is 3. The predicted molar refractivity (Wildman–Crippen MR) is 67.8 cm³/mol. The van der Waals surface area contributed by atoms with Gasteiger partial charge in [0.25, 0.3) is 0 Å². The molecule has 0 aliphatic rings. The molecule has 1 aromatic heterocycles. The highest BCUT2D eigenvalue weighted by molar-refractivity contribution is 5.92. The summed E-state index contributed by atoms with van der Waals surface area (Å²) in [4.78, 5) is 47.7. The number of aromatic amines is 1. The van der Waals surface area contributed by atoms with Gasteiger partial charge in [0.2, 0.25) is 0 Å². The Labute approximate surface area is 111 Å². The second kappa shape index (κ2) is 5.00. The number of carbonyl (C=O) groups is 2. The average molecular weight is 278 g/mol. The van der Waals surface area contributed by atoms with Gasteiger partial charge in [-0.25, -0.2) is 4.79 Å². The third-order valence-corrected chi connectivity index (χ3v) is 2.74. The van der Waals surface area contributed by atoms with Crippen LogP contribution in [0.2, 0.25) is 0 Å². The summed E-state index contributed by atoms with van der Waals surface area (Å²) in [6.07, 6.45) is 0. The molecule has 0 saturated heterocycles. The molecule has 0 spiro atoms. The third kappa shape index (κ3) is 2.30. The van der Waals surface area contributed by atoms with Gasteiger partial charge in [-0.05, 0) is 18.2 Å². The van der Waals surface area contributed by atoms with Gasteiger partial charge in [0.15, 0.2) is 0 Å².